The Hall–Kier alpha value is 0.350. The minimum atomic E-state index is 1.03. The SMILES string of the molecule is CC1CCC(CC2CS2)CC1. The highest BCUT2D eigenvalue weighted by Crippen LogP contribution is 2.40. The van der Waals surface area contributed by atoms with E-state index >= 15 is 0 Å². The van der Waals surface area contributed by atoms with Gasteiger partial charge in [-0.15, -0.1) is 0 Å². The maximum atomic E-state index is 2.40. The third-order valence-electron chi connectivity index (χ3n) is 3.13. The van der Waals surface area contributed by atoms with Crippen molar-refractivity contribution in [1.82, 2.24) is 0 Å². The number of rotatable bonds is 2. The van der Waals surface area contributed by atoms with Crippen LogP contribution in [-0.4, -0.2) is 11.0 Å². The van der Waals surface area contributed by atoms with Crippen molar-refractivity contribution >= 4 is 11.8 Å². The van der Waals surface area contributed by atoms with Gasteiger partial charge >= 0.3 is 0 Å². The molecule has 0 amide bonds. The second-order valence-corrected chi connectivity index (χ2v) is 5.65. The van der Waals surface area contributed by atoms with Gasteiger partial charge < -0.3 is 0 Å². The molecule has 1 heteroatoms. The molecule has 0 bridgehead atoms. The zero-order valence-electron chi connectivity index (χ0n) is 7.38. The Bertz CT molecular complexity index is 121. The lowest BCUT2D eigenvalue weighted by molar-refractivity contribution is 0.281. The summed E-state index contributed by atoms with van der Waals surface area (Å²) in [4.78, 5) is 0. The molecule has 64 valence electrons. The fourth-order valence-corrected chi connectivity index (χ4v) is 2.82. The second kappa shape index (κ2) is 3.38. The molecule has 0 aromatic heterocycles. The lowest BCUT2D eigenvalue weighted by Gasteiger charge is -2.25. The quantitative estimate of drug-likeness (QED) is 0.573. The molecular weight excluding hydrogens is 152 g/mol. The van der Waals surface area contributed by atoms with Gasteiger partial charge in [-0.3, -0.25) is 0 Å². The smallest absolute Gasteiger partial charge is 0.0141 e. The largest absolute Gasteiger partial charge is 0.157 e. The summed E-state index contributed by atoms with van der Waals surface area (Å²) in [6.45, 7) is 2.40. The molecular formula is C10H18S. The Labute approximate surface area is 74.1 Å². The van der Waals surface area contributed by atoms with Gasteiger partial charge in [0.15, 0.2) is 0 Å². The van der Waals surface area contributed by atoms with Gasteiger partial charge in [0, 0.05) is 11.0 Å². The standard InChI is InChI=1S/C10H18S/c1-8-2-4-9(5-3-8)6-10-7-11-10/h8-10H,2-7H2,1H3. The lowest BCUT2D eigenvalue weighted by atomic mass is 9.81. The number of hydrogen-bond donors (Lipinski definition) is 0. The normalized spacial score (nSPS) is 43.9. The van der Waals surface area contributed by atoms with Crippen LogP contribution in [0.15, 0.2) is 0 Å². The average molecular weight is 170 g/mol. The first-order valence-electron chi connectivity index (χ1n) is 4.96. The molecule has 1 aliphatic heterocycles. The van der Waals surface area contributed by atoms with E-state index in [9.17, 15) is 0 Å². The van der Waals surface area contributed by atoms with Crippen LogP contribution >= 0.6 is 11.8 Å². The van der Waals surface area contributed by atoms with Crippen LogP contribution in [0.5, 0.6) is 0 Å². The number of thioether (sulfide) groups is 1. The molecule has 11 heavy (non-hydrogen) atoms. The van der Waals surface area contributed by atoms with Crippen LogP contribution in [0, 0.1) is 11.8 Å². The molecule has 1 atom stereocenters. The van der Waals surface area contributed by atoms with E-state index in [2.05, 4.69) is 18.7 Å². The van der Waals surface area contributed by atoms with E-state index < -0.39 is 0 Å². The van der Waals surface area contributed by atoms with E-state index in [0.717, 1.165) is 17.1 Å². The highest BCUT2D eigenvalue weighted by molar-refractivity contribution is 8.06. The Morgan fingerprint density at radius 1 is 1.18 bits per heavy atom. The molecule has 0 aromatic carbocycles. The molecule has 1 saturated heterocycles. The fourth-order valence-electron chi connectivity index (χ4n) is 2.14. The van der Waals surface area contributed by atoms with E-state index in [0.29, 0.717) is 0 Å². The molecule has 1 saturated carbocycles. The van der Waals surface area contributed by atoms with Gasteiger partial charge in [0.25, 0.3) is 0 Å². The Kier molecular flexibility index (Phi) is 2.45. The van der Waals surface area contributed by atoms with E-state index in [-0.39, 0.29) is 0 Å². The van der Waals surface area contributed by atoms with E-state index in [1.54, 1.807) is 0 Å². The van der Waals surface area contributed by atoms with Gasteiger partial charge in [-0.25, -0.2) is 0 Å². The first-order chi connectivity index (χ1) is 5.34. The van der Waals surface area contributed by atoms with Crippen LogP contribution in [0.2, 0.25) is 0 Å². The van der Waals surface area contributed by atoms with Crippen LogP contribution in [-0.2, 0) is 0 Å². The van der Waals surface area contributed by atoms with Crippen LogP contribution in [0.25, 0.3) is 0 Å². The maximum absolute atomic E-state index is 2.40. The van der Waals surface area contributed by atoms with E-state index in [1.807, 2.05) is 0 Å². The summed E-state index contributed by atoms with van der Waals surface area (Å²) in [6.07, 6.45) is 7.60. The molecule has 2 fully saturated rings. The zero-order chi connectivity index (χ0) is 7.68. The molecule has 2 aliphatic rings. The van der Waals surface area contributed by atoms with Crippen molar-refractivity contribution in [1.29, 1.82) is 0 Å². The topological polar surface area (TPSA) is 0 Å². The molecule has 0 aromatic rings. The van der Waals surface area contributed by atoms with Crippen molar-refractivity contribution in [2.45, 2.75) is 44.3 Å². The van der Waals surface area contributed by atoms with E-state index in [4.69, 9.17) is 0 Å². The average Bonchev–Trinajstić information content (AvgIpc) is 2.78. The third-order valence-corrected chi connectivity index (χ3v) is 4.13. The molecule has 0 N–H and O–H groups in total. The summed E-state index contributed by atoms with van der Waals surface area (Å²) >= 11 is 2.16. The van der Waals surface area contributed by atoms with Crippen LogP contribution in [0.4, 0.5) is 0 Å². The van der Waals surface area contributed by atoms with Crippen LogP contribution in [0.3, 0.4) is 0 Å². The minimum Gasteiger partial charge on any atom is -0.157 e. The predicted octanol–water partition coefficient (Wildman–Crippen LogP) is 3.32. The van der Waals surface area contributed by atoms with Crippen LogP contribution < -0.4 is 0 Å². The third kappa shape index (κ3) is 2.40. The monoisotopic (exact) mass is 170 g/mol. The summed E-state index contributed by atoms with van der Waals surface area (Å²) < 4.78 is 0. The molecule has 1 aliphatic carbocycles. The van der Waals surface area contributed by atoms with Crippen molar-refractivity contribution in [2.24, 2.45) is 11.8 Å². The lowest BCUT2D eigenvalue weighted by Crippen LogP contribution is -2.13. The summed E-state index contributed by atoms with van der Waals surface area (Å²) in [5, 5.41) is 1.08. The molecule has 2 rings (SSSR count). The Balaban J connectivity index is 1.69. The summed E-state index contributed by atoms with van der Waals surface area (Å²) in [5.74, 6) is 3.59. The molecule has 0 nitrogen and oxygen atoms in total. The minimum absolute atomic E-state index is 1.03. The Morgan fingerprint density at radius 2 is 1.82 bits per heavy atom. The Morgan fingerprint density at radius 3 is 2.36 bits per heavy atom. The van der Waals surface area contributed by atoms with Crippen LogP contribution in [0.1, 0.15) is 39.0 Å². The fraction of sp³-hybridized carbons (Fsp3) is 1.00. The van der Waals surface area contributed by atoms with Crippen molar-refractivity contribution < 1.29 is 0 Å². The molecule has 1 unspecified atom stereocenters. The zero-order valence-corrected chi connectivity index (χ0v) is 8.20. The van der Waals surface area contributed by atoms with Gasteiger partial charge in [0.1, 0.15) is 0 Å². The highest BCUT2D eigenvalue weighted by atomic mass is 32.2. The van der Waals surface area contributed by atoms with Gasteiger partial charge in [0.05, 0.1) is 0 Å². The van der Waals surface area contributed by atoms with Crippen molar-refractivity contribution in [3.63, 3.8) is 0 Å². The summed E-state index contributed by atoms with van der Waals surface area (Å²) in [5.41, 5.74) is 0. The van der Waals surface area contributed by atoms with Crippen molar-refractivity contribution in [3.05, 3.63) is 0 Å². The first-order valence-corrected chi connectivity index (χ1v) is 6.01. The number of hydrogen-bond acceptors (Lipinski definition) is 1. The van der Waals surface area contributed by atoms with Crippen molar-refractivity contribution in [2.75, 3.05) is 5.75 Å². The molecule has 0 spiro atoms. The van der Waals surface area contributed by atoms with E-state index in [1.165, 1.54) is 37.9 Å². The predicted molar refractivity (Wildman–Crippen MR) is 52.0 cm³/mol. The van der Waals surface area contributed by atoms with Crippen molar-refractivity contribution in [3.8, 4) is 0 Å². The summed E-state index contributed by atoms with van der Waals surface area (Å²) in [6, 6.07) is 0. The molecule has 0 radical (unpaired) electrons. The van der Waals surface area contributed by atoms with Gasteiger partial charge in [0.2, 0.25) is 0 Å². The second-order valence-electron chi connectivity index (χ2n) is 4.32. The highest BCUT2D eigenvalue weighted by Gasteiger charge is 2.28. The van der Waals surface area contributed by atoms with Gasteiger partial charge in [-0.05, 0) is 18.3 Å². The maximum Gasteiger partial charge on any atom is 0.0141 e. The van der Waals surface area contributed by atoms with Gasteiger partial charge in [-0.2, -0.15) is 11.8 Å². The van der Waals surface area contributed by atoms with Gasteiger partial charge in [-0.1, -0.05) is 32.6 Å². The molecule has 1 heterocycles. The first kappa shape index (κ1) is 7.97. The summed E-state index contributed by atoms with van der Waals surface area (Å²) in [7, 11) is 0.